The van der Waals surface area contributed by atoms with Crippen molar-refractivity contribution in [1.82, 2.24) is 0 Å². The second kappa shape index (κ2) is 6.10. The summed E-state index contributed by atoms with van der Waals surface area (Å²) < 4.78 is 4.95. The zero-order valence-corrected chi connectivity index (χ0v) is 13.3. The van der Waals surface area contributed by atoms with Crippen molar-refractivity contribution in [2.75, 3.05) is 0 Å². The molecule has 0 fully saturated rings. The normalized spacial score (nSPS) is 11.8. The van der Waals surface area contributed by atoms with Crippen molar-refractivity contribution in [1.29, 1.82) is 0 Å². The topological polar surface area (TPSA) is 130 Å². The molecular formula is C12H17NO7Si. The quantitative estimate of drug-likeness (QED) is 0.303. The van der Waals surface area contributed by atoms with E-state index in [4.69, 9.17) is 9.53 Å². The number of benzene rings is 1. The molecule has 0 saturated heterocycles. The lowest BCUT2D eigenvalue weighted by Crippen LogP contribution is -2.23. The summed E-state index contributed by atoms with van der Waals surface area (Å²) in [5.74, 6) is -1.80. The van der Waals surface area contributed by atoms with Gasteiger partial charge in [-0.15, -0.1) is 0 Å². The Labute approximate surface area is 123 Å². The highest BCUT2D eigenvalue weighted by Crippen LogP contribution is 2.32. The minimum atomic E-state index is -2.00. The van der Waals surface area contributed by atoms with Gasteiger partial charge in [-0.2, -0.15) is 0 Å². The Morgan fingerprint density at radius 2 is 2.00 bits per heavy atom. The lowest BCUT2D eigenvalue weighted by molar-refractivity contribution is -0.386. The lowest BCUT2D eigenvalue weighted by atomic mass is 9.97. The molecule has 0 aliphatic rings. The van der Waals surface area contributed by atoms with Crippen LogP contribution in [0.3, 0.4) is 0 Å². The minimum absolute atomic E-state index is 0.140. The van der Waals surface area contributed by atoms with Gasteiger partial charge in [0.25, 0.3) is 0 Å². The van der Waals surface area contributed by atoms with Gasteiger partial charge in [0.15, 0.2) is 15.5 Å². The first-order valence-electron chi connectivity index (χ1n) is 6.08. The predicted octanol–water partition coefficient (Wildman–Crippen LogP) is -0.203. The summed E-state index contributed by atoms with van der Waals surface area (Å²) in [4.78, 5) is 31.0. The monoisotopic (exact) mass is 315 g/mol. The molecule has 1 rings (SSSR count). The van der Waals surface area contributed by atoms with E-state index in [1.54, 1.807) is 20.8 Å². The van der Waals surface area contributed by atoms with Crippen LogP contribution in [0.5, 0.6) is 11.5 Å². The fourth-order valence-corrected chi connectivity index (χ4v) is 2.15. The Bertz CT molecular complexity index is 580. The third kappa shape index (κ3) is 3.70. The third-order valence-electron chi connectivity index (χ3n) is 2.75. The van der Waals surface area contributed by atoms with Gasteiger partial charge in [0, 0.05) is 0 Å². The molecule has 0 saturated carbocycles. The van der Waals surface area contributed by atoms with Crippen molar-refractivity contribution < 1.29 is 29.5 Å². The van der Waals surface area contributed by atoms with Crippen molar-refractivity contribution in [3.63, 3.8) is 0 Å². The number of esters is 1. The highest BCUT2D eigenvalue weighted by Gasteiger charge is 2.28. The number of nitro groups is 1. The standard InChI is InChI=1S/C12H17NO7Si/c1-12(2,3)11(16)20-5-6-4-7(14)10(21-19)9(15)8(6)13(17)18/h4,14-15,19H,5,21H2,1-3H3. The van der Waals surface area contributed by atoms with Crippen LogP contribution in [0.2, 0.25) is 0 Å². The van der Waals surface area contributed by atoms with E-state index in [0.29, 0.717) is 0 Å². The zero-order valence-electron chi connectivity index (χ0n) is 11.9. The van der Waals surface area contributed by atoms with Crippen molar-refractivity contribution >= 4 is 26.6 Å². The number of aromatic hydroxyl groups is 2. The molecule has 0 bridgehead atoms. The molecule has 0 unspecified atom stereocenters. The second-order valence-electron chi connectivity index (χ2n) is 5.47. The maximum absolute atomic E-state index is 11.7. The zero-order chi connectivity index (χ0) is 16.4. The molecule has 0 aromatic heterocycles. The van der Waals surface area contributed by atoms with E-state index in [9.17, 15) is 25.1 Å². The van der Waals surface area contributed by atoms with E-state index in [1.165, 1.54) is 0 Å². The molecule has 21 heavy (non-hydrogen) atoms. The van der Waals surface area contributed by atoms with Crippen molar-refractivity contribution in [3.05, 3.63) is 21.7 Å². The molecule has 1 aromatic carbocycles. The SMILES string of the molecule is CC(C)(C)C(=O)OCc1cc(O)c([SiH2]O)c(O)c1[N+](=O)[O-]. The fourth-order valence-electron chi connectivity index (χ4n) is 1.57. The molecule has 0 atom stereocenters. The van der Waals surface area contributed by atoms with Crippen LogP contribution < -0.4 is 5.19 Å². The summed E-state index contributed by atoms with van der Waals surface area (Å²) in [6.07, 6.45) is 0. The summed E-state index contributed by atoms with van der Waals surface area (Å²) in [5.41, 5.74) is -1.60. The Hall–Kier alpha value is -2.13. The van der Waals surface area contributed by atoms with E-state index in [1.807, 2.05) is 0 Å². The summed E-state index contributed by atoms with van der Waals surface area (Å²) in [6, 6.07) is 1.02. The summed E-state index contributed by atoms with van der Waals surface area (Å²) in [5, 5.41) is 30.2. The van der Waals surface area contributed by atoms with Gasteiger partial charge in [0.1, 0.15) is 12.4 Å². The highest BCUT2D eigenvalue weighted by molar-refractivity contribution is 6.48. The van der Waals surface area contributed by atoms with Crippen LogP contribution >= 0.6 is 0 Å². The van der Waals surface area contributed by atoms with E-state index in [-0.39, 0.29) is 10.8 Å². The van der Waals surface area contributed by atoms with Crippen LogP contribution in [0.4, 0.5) is 5.69 Å². The predicted molar refractivity (Wildman–Crippen MR) is 76.1 cm³/mol. The molecule has 0 radical (unpaired) electrons. The van der Waals surface area contributed by atoms with Crippen LogP contribution in [-0.2, 0) is 16.1 Å². The van der Waals surface area contributed by atoms with Crippen LogP contribution in [-0.4, -0.2) is 35.7 Å². The average Bonchev–Trinajstić information content (AvgIpc) is 2.34. The number of hydrogen-bond acceptors (Lipinski definition) is 7. The Balaban J connectivity index is 3.19. The Kier molecular flexibility index (Phi) is 4.91. The molecule has 0 aliphatic carbocycles. The van der Waals surface area contributed by atoms with Gasteiger partial charge in [-0.25, -0.2) is 0 Å². The maximum atomic E-state index is 11.7. The molecule has 0 spiro atoms. The number of rotatable bonds is 4. The van der Waals surface area contributed by atoms with Gasteiger partial charge in [0.05, 0.1) is 21.1 Å². The first-order chi connectivity index (χ1) is 9.59. The Morgan fingerprint density at radius 3 is 2.43 bits per heavy atom. The molecule has 0 amide bonds. The molecule has 8 nitrogen and oxygen atoms in total. The number of hydrogen-bond donors (Lipinski definition) is 3. The number of carbonyl (C=O) groups excluding carboxylic acids is 1. The minimum Gasteiger partial charge on any atom is -0.508 e. The Morgan fingerprint density at radius 1 is 1.43 bits per heavy atom. The molecule has 1 aromatic rings. The summed E-state index contributed by atoms with van der Waals surface area (Å²) >= 11 is 0. The van der Waals surface area contributed by atoms with E-state index < -0.39 is 49.9 Å². The number of phenolic OH excluding ortho intramolecular Hbond substituents is 2. The maximum Gasteiger partial charge on any atom is 0.317 e. The van der Waals surface area contributed by atoms with E-state index in [2.05, 4.69) is 0 Å². The second-order valence-corrected chi connectivity index (χ2v) is 6.50. The molecule has 3 N–H and O–H groups in total. The largest absolute Gasteiger partial charge is 0.508 e. The van der Waals surface area contributed by atoms with Crippen LogP contribution in [0.1, 0.15) is 26.3 Å². The van der Waals surface area contributed by atoms with Crippen molar-refractivity contribution in [3.8, 4) is 11.5 Å². The molecule has 0 heterocycles. The van der Waals surface area contributed by atoms with Gasteiger partial charge in [-0.1, -0.05) is 0 Å². The molecule has 9 heteroatoms. The van der Waals surface area contributed by atoms with E-state index >= 15 is 0 Å². The van der Waals surface area contributed by atoms with Crippen LogP contribution in [0.15, 0.2) is 6.07 Å². The van der Waals surface area contributed by atoms with Gasteiger partial charge < -0.3 is 19.7 Å². The number of nitro benzene ring substituents is 1. The smallest absolute Gasteiger partial charge is 0.317 e. The fraction of sp³-hybridized carbons (Fsp3) is 0.417. The van der Waals surface area contributed by atoms with Crippen molar-refractivity contribution in [2.45, 2.75) is 27.4 Å². The molecule has 116 valence electrons. The molecular weight excluding hydrogens is 298 g/mol. The van der Waals surface area contributed by atoms with Gasteiger partial charge in [0.2, 0.25) is 0 Å². The third-order valence-corrected chi connectivity index (χ3v) is 3.76. The molecule has 0 aliphatic heterocycles. The number of nitrogens with zero attached hydrogens (tertiary/aromatic N) is 1. The first-order valence-corrected chi connectivity index (χ1v) is 7.42. The number of phenols is 2. The van der Waals surface area contributed by atoms with E-state index in [0.717, 1.165) is 6.07 Å². The summed E-state index contributed by atoms with van der Waals surface area (Å²) in [7, 11) is -2.00. The first kappa shape index (κ1) is 16.9. The number of ether oxygens (including phenoxy) is 1. The van der Waals surface area contributed by atoms with Gasteiger partial charge in [-0.3, -0.25) is 14.9 Å². The number of carbonyl (C=O) groups is 1. The van der Waals surface area contributed by atoms with Gasteiger partial charge in [-0.05, 0) is 26.8 Å². The van der Waals surface area contributed by atoms with Gasteiger partial charge >= 0.3 is 11.7 Å². The average molecular weight is 315 g/mol. The summed E-state index contributed by atoms with van der Waals surface area (Å²) in [6.45, 7) is 4.41. The highest BCUT2D eigenvalue weighted by atomic mass is 28.2. The van der Waals surface area contributed by atoms with Crippen molar-refractivity contribution in [2.24, 2.45) is 5.41 Å². The lowest BCUT2D eigenvalue weighted by Gasteiger charge is -2.17. The van der Waals surface area contributed by atoms with Crippen LogP contribution in [0, 0.1) is 15.5 Å². The van der Waals surface area contributed by atoms with Crippen LogP contribution in [0.25, 0.3) is 0 Å².